The topological polar surface area (TPSA) is 51.2 Å². The number of halogens is 1. The molecule has 0 radical (unpaired) electrons. The van der Waals surface area contributed by atoms with Crippen LogP contribution < -0.4 is 10.1 Å². The van der Waals surface area contributed by atoms with E-state index >= 15 is 0 Å². The third-order valence-corrected chi connectivity index (χ3v) is 4.86. The largest absolute Gasteiger partial charge is 0.481 e. The van der Waals surface area contributed by atoms with Crippen molar-refractivity contribution in [2.75, 3.05) is 5.32 Å². The molecule has 1 amide bonds. The molecule has 134 valence electrons. The van der Waals surface area contributed by atoms with Gasteiger partial charge >= 0.3 is 0 Å². The van der Waals surface area contributed by atoms with Crippen molar-refractivity contribution in [3.8, 4) is 17.0 Å². The number of hydrogen-bond donors (Lipinski definition) is 1. The number of amides is 1. The highest BCUT2D eigenvalue weighted by Crippen LogP contribution is 2.28. The van der Waals surface area contributed by atoms with Crippen molar-refractivity contribution in [1.82, 2.24) is 4.98 Å². The Morgan fingerprint density at radius 2 is 2.04 bits per heavy atom. The highest BCUT2D eigenvalue weighted by Gasteiger charge is 2.17. The fraction of sp³-hybridized carbons (Fsp3) is 0.200. The Labute approximate surface area is 161 Å². The van der Waals surface area contributed by atoms with Gasteiger partial charge in [0.2, 0.25) is 0 Å². The normalized spacial score (nSPS) is 11.8. The maximum atomic E-state index is 12.4. The Morgan fingerprint density at radius 3 is 2.77 bits per heavy atom. The molecule has 6 heteroatoms. The van der Waals surface area contributed by atoms with Crippen LogP contribution in [0.2, 0.25) is 5.02 Å². The number of hydrogen-bond acceptors (Lipinski definition) is 4. The molecular weight excluding hydrogens is 368 g/mol. The smallest absolute Gasteiger partial charge is 0.266 e. The van der Waals surface area contributed by atoms with Crippen LogP contribution >= 0.6 is 22.9 Å². The number of carbonyl (C=O) groups is 1. The summed E-state index contributed by atoms with van der Waals surface area (Å²) in [6.45, 7) is 5.81. The zero-order valence-electron chi connectivity index (χ0n) is 14.7. The predicted molar refractivity (Wildman–Crippen MR) is 107 cm³/mol. The van der Waals surface area contributed by atoms with Crippen molar-refractivity contribution in [3.63, 3.8) is 0 Å². The summed E-state index contributed by atoms with van der Waals surface area (Å²) >= 11 is 7.32. The fourth-order valence-corrected chi connectivity index (χ4v) is 3.45. The van der Waals surface area contributed by atoms with Crippen LogP contribution in [0.15, 0.2) is 47.8 Å². The first kappa shape index (κ1) is 18.4. The van der Waals surface area contributed by atoms with E-state index in [0.29, 0.717) is 15.9 Å². The zero-order valence-corrected chi connectivity index (χ0v) is 16.3. The molecule has 3 aromatic rings. The molecule has 0 saturated carbocycles. The number of aryl methyl sites for hydroxylation is 2. The van der Waals surface area contributed by atoms with Gasteiger partial charge in [-0.1, -0.05) is 41.4 Å². The molecule has 0 aliphatic heterocycles. The third-order valence-electron chi connectivity index (χ3n) is 3.87. The van der Waals surface area contributed by atoms with Gasteiger partial charge in [-0.3, -0.25) is 10.1 Å². The van der Waals surface area contributed by atoms with E-state index in [4.69, 9.17) is 16.3 Å². The van der Waals surface area contributed by atoms with Crippen molar-refractivity contribution < 1.29 is 9.53 Å². The Morgan fingerprint density at radius 1 is 1.23 bits per heavy atom. The molecule has 0 bridgehead atoms. The van der Waals surface area contributed by atoms with Crippen LogP contribution in [0.3, 0.4) is 0 Å². The van der Waals surface area contributed by atoms with Crippen LogP contribution in [0.5, 0.6) is 5.75 Å². The van der Waals surface area contributed by atoms with Gasteiger partial charge in [-0.15, -0.1) is 11.3 Å². The second-order valence-electron chi connectivity index (χ2n) is 6.06. The fourth-order valence-electron chi connectivity index (χ4n) is 2.56. The maximum absolute atomic E-state index is 12.4. The number of anilines is 1. The third kappa shape index (κ3) is 4.42. The standard InChI is InChI=1S/C20H19ClN2O2S/c1-12-7-8-17(13(2)9-12)18-11-26-20(22-18)23-19(24)14(3)25-16-6-4-5-15(21)10-16/h4-11,14H,1-3H3,(H,22,23,24). The summed E-state index contributed by atoms with van der Waals surface area (Å²) in [7, 11) is 0. The summed E-state index contributed by atoms with van der Waals surface area (Å²) in [5, 5.41) is 5.86. The molecule has 26 heavy (non-hydrogen) atoms. The van der Waals surface area contributed by atoms with Crippen molar-refractivity contribution in [3.05, 3.63) is 64.0 Å². The molecule has 1 atom stereocenters. The summed E-state index contributed by atoms with van der Waals surface area (Å²) in [5.41, 5.74) is 4.29. The van der Waals surface area contributed by atoms with Crippen molar-refractivity contribution in [2.24, 2.45) is 0 Å². The average molecular weight is 387 g/mol. The molecule has 1 N–H and O–H groups in total. The molecule has 3 rings (SSSR count). The zero-order chi connectivity index (χ0) is 18.7. The Kier molecular flexibility index (Phi) is 5.59. The summed E-state index contributed by atoms with van der Waals surface area (Å²) in [6, 6.07) is 13.2. The summed E-state index contributed by atoms with van der Waals surface area (Å²) < 4.78 is 5.63. The molecule has 4 nitrogen and oxygen atoms in total. The maximum Gasteiger partial charge on any atom is 0.266 e. The first-order valence-electron chi connectivity index (χ1n) is 8.18. The second kappa shape index (κ2) is 7.89. The SMILES string of the molecule is Cc1ccc(-c2csc(NC(=O)C(C)Oc3cccc(Cl)c3)n2)c(C)c1. The van der Waals surface area contributed by atoms with Crippen LogP contribution in [0.25, 0.3) is 11.3 Å². The Hall–Kier alpha value is -2.37. The van der Waals surface area contributed by atoms with Crippen LogP contribution in [-0.4, -0.2) is 17.0 Å². The second-order valence-corrected chi connectivity index (χ2v) is 7.36. The van der Waals surface area contributed by atoms with Gasteiger partial charge in [0.05, 0.1) is 5.69 Å². The van der Waals surface area contributed by atoms with Crippen molar-refractivity contribution in [1.29, 1.82) is 0 Å². The van der Waals surface area contributed by atoms with Crippen molar-refractivity contribution in [2.45, 2.75) is 26.9 Å². The van der Waals surface area contributed by atoms with E-state index in [1.807, 2.05) is 5.38 Å². The van der Waals surface area contributed by atoms with E-state index in [1.165, 1.54) is 16.9 Å². The van der Waals surface area contributed by atoms with Crippen LogP contribution in [0, 0.1) is 13.8 Å². The van der Waals surface area contributed by atoms with Crippen LogP contribution in [-0.2, 0) is 4.79 Å². The van der Waals surface area contributed by atoms with E-state index in [0.717, 1.165) is 16.8 Å². The lowest BCUT2D eigenvalue weighted by molar-refractivity contribution is -0.122. The van der Waals surface area contributed by atoms with E-state index in [9.17, 15) is 4.79 Å². The summed E-state index contributed by atoms with van der Waals surface area (Å²) in [4.78, 5) is 16.9. The van der Waals surface area contributed by atoms with Gasteiger partial charge in [-0.2, -0.15) is 0 Å². The number of carbonyl (C=O) groups excluding carboxylic acids is 1. The summed E-state index contributed by atoms with van der Waals surface area (Å²) in [6.07, 6.45) is -0.665. The molecule has 0 spiro atoms. The van der Waals surface area contributed by atoms with E-state index in [2.05, 4.69) is 42.3 Å². The molecule has 0 saturated heterocycles. The lowest BCUT2D eigenvalue weighted by atomic mass is 10.0. The minimum absolute atomic E-state index is 0.258. The molecule has 1 heterocycles. The molecular formula is C20H19ClN2O2S. The minimum atomic E-state index is -0.665. The minimum Gasteiger partial charge on any atom is -0.481 e. The number of benzene rings is 2. The number of rotatable bonds is 5. The molecule has 1 unspecified atom stereocenters. The van der Waals surface area contributed by atoms with Gasteiger partial charge < -0.3 is 4.74 Å². The van der Waals surface area contributed by atoms with E-state index < -0.39 is 6.10 Å². The highest BCUT2D eigenvalue weighted by molar-refractivity contribution is 7.14. The van der Waals surface area contributed by atoms with Crippen LogP contribution in [0.4, 0.5) is 5.13 Å². The van der Waals surface area contributed by atoms with Gasteiger partial charge in [0.1, 0.15) is 5.75 Å². The first-order chi connectivity index (χ1) is 12.4. The van der Waals surface area contributed by atoms with Gasteiger partial charge in [-0.05, 0) is 44.5 Å². The number of thiazole rings is 1. The van der Waals surface area contributed by atoms with Crippen LogP contribution in [0.1, 0.15) is 18.1 Å². The number of nitrogens with one attached hydrogen (secondary N) is 1. The van der Waals surface area contributed by atoms with Gasteiger partial charge in [0.25, 0.3) is 5.91 Å². The number of nitrogens with zero attached hydrogens (tertiary/aromatic N) is 1. The monoisotopic (exact) mass is 386 g/mol. The van der Waals surface area contributed by atoms with Gasteiger partial charge in [0, 0.05) is 16.0 Å². The lowest BCUT2D eigenvalue weighted by Crippen LogP contribution is -2.30. The highest BCUT2D eigenvalue weighted by atomic mass is 35.5. The van der Waals surface area contributed by atoms with Gasteiger partial charge in [0.15, 0.2) is 11.2 Å². The molecule has 2 aromatic carbocycles. The van der Waals surface area contributed by atoms with Crippen molar-refractivity contribution >= 4 is 34.0 Å². The van der Waals surface area contributed by atoms with E-state index in [1.54, 1.807) is 31.2 Å². The van der Waals surface area contributed by atoms with Gasteiger partial charge in [-0.25, -0.2) is 4.98 Å². The number of aromatic nitrogens is 1. The summed E-state index contributed by atoms with van der Waals surface area (Å²) in [5.74, 6) is 0.293. The molecule has 0 fully saturated rings. The average Bonchev–Trinajstić information content (AvgIpc) is 3.03. The predicted octanol–water partition coefficient (Wildman–Crippen LogP) is 5.49. The first-order valence-corrected chi connectivity index (χ1v) is 9.44. The number of ether oxygens (including phenoxy) is 1. The lowest BCUT2D eigenvalue weighted by Gasteiger charge is -2.13. The molecule has 0 aliphatic carbocycles. The molecule has 0 aliphatic rings. The Bertz CT molecular complexity index is 939. The Balaban J connectivity index is 1.67. The van der Waals surface area contributed by atoms with E-state index in [-0.39, 0.29) is 5.91 Å². The molecule has 1 aromatic heterocycles. The quantitative estimate of drug-likeness (QED) is 0.631.